The predicted octanol–water partition coefficient (Wildman–Crippen LogP) is 4.28. The molecule has 7 nitrogen and oxygen atoms in total. The molecule has 1 fully saturated rings. The van der Waals surface area contributed by atoms with Crippen LogP contribution in [0.15, 0.2) is 54.9 Å². The largest absolute Gasteiger partial charge is 0.360 e. The molecule has 2 amide bonds. The molecule has 1 aliphatic carbocycles. The van der Waals surface area contributed by atoms with Crippen molar-refractivity contribution >= 4 is 23.4 Å². The number of hydrogen-bond donors (Lipinski definition) is 4. The van der Waals surface area contributed by atoms with Crippen LogP contribution in [0.1, 0.15) is 25.7 Å². The fraction of sp³-hybridized carbons (Fsp3) is 0.250. The van der Waals surface area contributed by atoms with Crippen molar-refractivity contribution < 1.29 is 4.79 Å². The van der Waals surface area contributed by atoms with Gasteiger partial charge in [-0.15, -0.1) is 0 Å². The van der Waals surface area contributed by atoms with Gasteiger partial charge in [0.2, 0.25) is 5.95 Å². The molecular weight excluding hydrogens is 340 g/mol. The van der Waals surface area contributed by atoms with Crippen LogP contribution in [0.2, 0.25) is 0 Å². The molecule has 1 aromatic carbocycles. The first kappa shape index (κ1) is 17.1. The van der Waals surface area contributed by atoms with Gasteiger partial charge < -0.3 is 20.9 Å². The van der Waals surface area contributed by atoms with E-state index in [2.05, 4.69) is 30.9 Å². The number of aromatic amines is 1. The molecule has 0 bridgehead atoms. The van der Waals surface area contributed by atoms with Crippen LogP contribution >= 0.6 is 0 Å². The van der Waals surface area contributed by atoms with Crippen molar-refractivity contribution in [1.82, 2.24) is 20.3 Å². The molecule has 1 saturated carbocycles. The van der Waals surface area contributed by atoms with Crippen molar-refractivity contribution in [3.8, 4) is 11.4 Å². The number of carbonyl (C=O) groups is 1. The van der Waals surface area contributed by atoms with Gasteiger partial charge in [-0.25, -0.2) is 14.8 Å². The summed E-state index contributed by atoms with van der Waals surface area (Å²) >= 11 is 0. The van der Waals surface area contributed by atoms with Gasteiger partial charge in [0, 0.05) is 29.8 Å². The van der Waals surface area contributed by atoms with Crippen LogP contribution in [-0.4, -0.2) is 27.0 Å². The average molecular weight is 362 g/mol. The van der Waals surface area contributed by atoms with Crippen LogP contribution in [0.4, 0.5) is 22.1 Å². The summed E-state index contributed by atoms with van der Waals surface area (Å²) in [6.07, 6.45) is 8.06. The van der Waals surface area contributed by atoms with Gasteiger partial charge in [-0.2, -0.15) is 0 Å². The van der Waals surface area contributed by atoms with Crippen LogP contribution in [0.3, 0.4) is 0 Å². The van der Waals surface area contributed by atoms with E-state index < -0.39 is 0 Å². The van der Waals surface area contributed by atoms with E-state index in [0.717, 1.165) is 35.6 Å². The Labute approximate surface area is 157 Å². The zero-order valence-corrected chi connectivity index (χ0v) is 14.9. The third kappa shape index (κ3) is 4.44. The summed E-state index contributed by atoms with van der Waals surface area (Å²) in [5.74, 6) is 0.495. The van der Waals surface area contributed by atoms with Gasteiger partial charge in [-0.05, 0) is 49.2 Å². The normalized spacial score (nSPS) is 14.1. The lowest BCUT2D eigenvalue weighted by molar-refractivity contribution is 0.248. The van der Waals surface area contributed by atoms with Gasteiger partial charge >= 0.3 is 6.03 Å². The molecule has 0 aliphatic heterocycles. The van der Waals surface area contributed by atoms with Crippen molar-refractivity contribution in [2.24, 2.45) is 0 Å². The van der Waals surface area contributed by atoms with E-state index in [1.165, 1.54) is 12.8 Å². The number of nitrogens with zero attached hydrogens (tertiary/aromatic N) is 2. The van der Waals surface area contributed by atoms with Crippen molar-refractivity contribution in [2.75, 3.05) is 10.6 Å². The lowest BCUT2D eigenvalue weighted by Gasteiger charge is -2.13. The average Bonchev–Trinajstić information content (AvgIpc) is 3.36. The molecule has 4 rings (SSSR count). The number of amides is 2. The Bertz CT molecular complexity index is 902. The van der Waals surface area contributed by atoms with Gasteiger partial charge in [-0.1, -0.05) is 18.9 Å². The van der Waals surface area contributed by atoms with E-state index in [4.69, 9.17) is 0 Å². The molecule has 1 aliphatic rings. The molecule has 0 unspecified atom stereocenters. The van der Waals surface area contributed by atoms with Crippen LogP contribution in [-0.2, 0) is 0 Å². The van der Waals surface area contributed by atoms with Crippen LogP contribution < -0.4 is 16.0 Å². The highest BCUT2D eigenvalue weighted by Gasteiger charge is 2.17. The highest BCUT2D eigenvalue weighted by Crippen LogP contribution is 2.21. The minimum atomic E-state index is -0.163. The molecule has 2 heterocycles. The molecule has 7 heteroatoms. The summed E-state index contributed by atoms with van der Waals surface area (Å²) in [6.45, 7) is 0. The summed E-state index contributed by atoms with van der Waals surface area (Å²) in [5, 5.41) is 9.10. The number of hydrogen-bond acceptors (Lipinski definition) is 4. The Hall–Kier alpha value is -3.35. The van der Waals surface area contributed by atoms with Gasteiger partial charge in [0.1, 0.15) is 0 Å². The molecule has 0 radical (unpaired) electrons. The van der Waals surface area contributed by atoms with Gasteiger partial charge in [0.25, 0.3) is 0 Å². The fourth-order valence-corrected chi connectivity index (χ4v) is 3.29. The highest BCUT2D eigenvalue weighted by atomic mass is 16.2. The summed E-state index contributed by atoms with van der Waals surface area (Å²) < 4.78 is 0. The third-order valence-electron chi connectivity index (χ3n) is 4.60. The number of nitrogens with one attached hydrogen (secondary N) is 4. The second-order valence-corrected chi connectivity index (χ2v) is 6.63. The van der Waals surface area contributed by atoms with Gasteiger partial charge in [0.05, 0.1) is 11.4 Å². The number of benzene rings is 1. The van der Waals surface area contributed by atoms with E-state index in [9.17, 15) is 4.79 Å². The zero-order chi connectivity index (χ0) is 18.5. The van der Waals surface area contributed by atoms with E-state index in [1.54, 1.807) is 6.20 Å². The topological polar surface area (TPSA) is 94.7 Å². The fourth-order valence-electron chi connectivity index (χ4n) is 3.29. The Morgan fingerprint density at radius 1 is 1.07 bits per heavy atom. The third-order valence-corrected chi connectivity index (χ3v) is 4.60. The molecule has 138 valence electrons. The van der Waals surface area contributed by atoms with Crippen LogP contribution in [0, 0.1) is 0 Å². The van der Waals surface area contributed by atoms with Gasteiger partial charge in [-0.3, -0.25) is 0 Å². The predicted molar refractivity (Wildman–Crippen MR) is 106 cm³/mol. The summed E-state index contributed by atoms with van der Waals surface area (Å²) in [5.41, 5.74) is 3.26. The molecule has 4 N–H and O–H groups in total. The smallest absolute Gasteiger partial charge is 0.319 e. The summed E-state index contributed by atoms with van der Waals surface area (Å²) in [7, 11) is 0. The van der Waals surface area contributed by atoms with Crippen LogP contribution in [0.5, 0.6) is 0 Å². The maximum atomic E-state index is 12.1. The van der Waals surface area contributed by atoms with E-state index >= 15 is 0 Å². The standard InChI is InChI=1S/C20H22N6O/c27-20(24-14-5-1-2-6-14)25-16-8-3-7-15(13-16)23-19-22-12-10-18(26-19)17-9-4-11-21-17/h3-4,7-14,21H,1-2,5-6H2,(H,22,23,26)(H2,24,25,27). The van der Waals surface area contributed by atoms with Crippen molar-refractivity contribution in [1.29, 1.82) is 0 Å². The minimum absolute atomic E-state index is 0.163. The number of aromatic nitrogens is 3. The first-order chi connectivity index (χ1) is 13.3. The number of H-pyrrole nitrogens is 1. The summed E-state index contributed by atoms with van der Waals surface area (Å²) in [4.78, 5) is 24.1. The van der Waals surface area contributed by atoms with Crippen LogP contribution in [0.25, 0.3) is 11.4 Å². The first-order valence-electron chi connectivity index (χ1n) is 9.18. The van der Waals surface area contributed by atoms with E-state index in [-0.39, 0.29) is 12.1 Å². The van der Waals surface area contributed by atoms with E-state index in [1.807, 2.05) is 48.7 Å². The highest BCUT2D eigenvalue weighted by molar-refractivity contribution is 5.90. The van der Waals surface area contributed by atoms with Crippen molar-refractivity contribution in [3.63, 3.8) is 0 Å². The molecule has 27 heavy (non-hydrogen) atoms. The van der Waals surface area contributed by atoms with Gasteiger partial charge in [0.15, 0.2) is 0 Å². The number of rotatable bonds is 5. The Kier molecular flexibility index (Phi) is 5.00. The number of anilines is 3. The molecular formula is C20H22N6O. The van der Waals surface area contributed by atoms with Crippen molar-refractivity contribution in [3.05, 3.63) is 54.9 Å². The van der Waals surface area contributed by atoms with Crippen molar-refractivity contribution in [2.45, 2.75) is 31.7 Å². The Morgan fingerprint density at radius 2 is 1.93 bits per heavy atom. The lowest BCUT2D eigenvalue weighted by Crippen LogP contribution is -2.36. The zero-order valence-electron chi connectivity index (χ0n) is 14.9. The first-order valence-corrected chi connectivity index (χ1v) is 9.18. The molecule has 2 aromatic heterocycles. The summed E-state index contributed by atoms with van der Waals surface area (Å²) in [6, 6.07) is 13.4. The second kappa shape index (κ2) is 7.90. The quantitative estimate of drug-likeness (QED) is 0.545. The molecule has 3 aromatic rings. The molecule has 0 saturated heterocycles. The minimum Gasteiger partial charge on any atom is -0.360 e. The molecule has 0 spiro atoms. The second-order valence-electron chi connectivity index (χ2n) is 6.63. The number of urea groups is 1. The maximum absolute atomic E-state index is 12.1. The Balaban J connectivity index is 1.42. The SMILES string of the molecule is O=C(Nc1cccc(Nc2nccc(-c3ccc[nH]3)n2)c1)NC1CCCC1. The monoisotopic (exact) mass is 362 g/mol. The lowest BCUT2D eigenvalue weighted by atomic mass is 10.2. The van der Waals surface area contributed by atoms with E-state index in [0.29, 0.717) is 5.95 Å². The number of carbonyl (C=O) groups excluding carboxylic acids is 1. The molecule has 0 atom stereocenters. The maximum Gasteiger partial charge on any atom is 0.319 e. The Morgan fingerprint density at radius 3 is 2.74 bits per heavy atom.